The molecule has 172 valence electrons. The molecule has 1 aliphatic carbocycles. The number of amides is 1. The molecule has 1 saturated carbocycles. The highest BCUT2D eigenvalue weighted by Gasteiger charge is 2.23. The van der Waals surface area contributed by atoms with Gasteiger partial charge in [0.1, 0.15) is 0 Å². The largest absolute Gasteiger partial charge is 0.465 e. The molecule has 1 aromatic heterocycles. The van der Waals surface area contributed by atoms with Gasteiger partial charge in [-0.25, -0.2) is 14.6 Å². The first-order valence-corrected chi connectivity index (χ1v) is 11.6. The van der Waals surface area contributed by atoms with Gasteiger partial charge < -0.3 is 19.4 Å². The van der Waals surface area contributed by atoms with E-state index in [-0.39, 0.29) is 22.8 Å². The lowest BCUT2D eigenvalue weighted by molar-refractivity contribution is -0.113. The average Bonchev–Trinajstić information content (AvgIpc) is 3.10. The first-order valence-electron chi connectivity index (χ1n) is 10.6. The van der Waals surface area contributed by atoms with E-state index in [9.17, 15) is 14.4 Å². The summed E-state index contributed by atoms with van der Waals surface area (Å²) >= 11 is 1.39. The van der Waals surface area contributed by atoms with E-state index in [1.807, 2.05) is 6.92 Å². The van der Waals surface area contributed by atoms with E-state index in [0.29, 0.717) is 11.7 Å². The van der Waals surface area contributed by atoms with E-state index in [0.717, 1.165) is 29.4 Å². The Morgan fingerprint density at radius 1 is 1.03 bits per heavy atom. The number of imidazole rings is 1. The van der Waals surface area contributed by atoms with E-state index in [4.69, 9.17) is 9.47 Å². The third-order valence-electron chi connectivity index (χ3n) is 5.69. The molecule has 0 saturated heterocycles. The van der Waals surface area contributed by atoms with Gasteiger partial charge in [-0.1, -0.05) is 31.0 Å². The number of rotatable bonds is 7. The summed E-state index contributed by atoms with van der Waals surface area (Å²) < 4.78 is 11.7. The zero-order chi connectivity index (χ0) is 23.3. The minimum absolute atomic E-state index is 0.150. The fourth-order valence-electron chi connectivity index (χ4n) is 3.97. The maximum atomic E-state index is 12.7. The van der Waals surface area contributed by atoms with Gasteiger partial charge in [0.15, 0.2) is 5.16 Å². The molecule has 0 aliphatic heterocycles. The summed E-state index contributed by atoms with van der Waals surface area (Å²) in [7, 11) is 2.50. The van der Waals surface area contributed by atoms with Gasteiger partial charge in [-0.05, 0) is 44.9 Å². The van der Waals surface area contributed by atoms with E-state index in [1.54, 1.807) is 0 Å². The number of carbonyl (C=O) groups is 3. The second kappa shape index (κ2) is 10.7. The zero-order valence-electron chi connectivity index (χ0n) is 18.9. The van der Waals surface area contributed by atoms with Gasteiger partial charge in [-0.3, -0.25) is 4.79 Å². The molecular weight excluding hydrogens is 430 g/mol. The minimum atomic E-state index is -0.610. The van der Waals surface area contributed by atoms with Gasteiger partial charge in [0.2, 0.25) is 5.91 Å². The molecule has 1 amide bonds. The van der Waals surface area contributed by atoms with E-state index < -0.39 is 11.9 Å². The number of nitrogens with zero attached hydrogens (tertiary/aromatic N) is 2. The normalized spacial score (nSPS) is 14.1. The topological polar surface area (TPSA) is 99.5 Å². The number of aryl methyl sites for hydroxylation is 1. The summed E-state index contributed by atoms with van der Waals surface area (Å²) in [6.07, 6.45) is 5.96. The molecule has 9 heteroatoms. The molecule has 0 atom stereocenters. The molecule has 0 spiro atoms. The highest BCUT2D eigenvalue weighted by Crippen LogP contribution is 2.34. The summed E-state index contributed by atoms with van der Waals surface area (Å²) in [5, 5.41) is 3.61. The number of methoxy groups -OCH3 is 2. The molecule has 0 radical (unpaired) electrons. The van der Waals surface area contributed by atoms with Gasteiger partial charge in [0.05, 0.1) is 36.8 Å². The van der Waals surface area contributed by atoms with Crippen molar-refractivity contribution in [1.29, 1.82) is 0 Å². The summed E-state index contributed by atoms with van der Waals surface area (Å²) in [5.41, 5.74) is 2.75. The number of nitrogens with one attached hydrogen (secondary N) is 1. The van der Waals surface area contributed by atoms with E-state index in [2.05, 4.69) is 21.8 Å². The first kappa shape index (κ1) is 23.8. The van der Waals surface area contributed by atoms with Crippen LogP contribution in [0.3, 0.4) is 0 Å². The van der Waals surface area contributed by atoms with Crippen molar-refractivity contribution in [3.63, 3.8) is 0 Å². The van der Waals surface area contributed by atoms with Crippen molar-refractivity contribution in [3.8, 4) is 0 Å². The predicted octanol–water partition coefficient (Wildman–Crippen LogP) is 4.31. The van der Waals surface area contributed by atoms with Crippen molar-refractivity contribution >= 4 is 35.3 Å². The molecule has 0 unspecified atom stereocenters. The molecule has 0 bridgehead atoms. The Kier molecular flexibility index (Phi) is 7.95. The van der Waals surface area contributed by atoms with Crippen LogP contribution in [0.15, 0.2) is 23.4 Å². The van der Waals surface area contributed by atoms with E-state index >= 15 is 0 Å². The Balaban J connectivity index is 1.73. The molecule has 1 N–H and O–H groups in total. The molecule has 1 heterocycles. The Morgan fingerprint density at radius 3 is 2.19 bits per heavy atom. The summed E-state index contributed by atoms with van der Waals surface area (Å²) in [5.74, 6) is -1.33. The lowest BCUT2D eigenvalue weighted by Crippen LogP contribution is -2.18. The fourth-order valence-corrected chi connectivity index (χ4v) is 4.92. The number of aromatic nitrogens is 2. The number of carbonyl (C=O) groups excluding carboxylic acids is 3. The smallest absolute Gasteiger partial charge is 0.337 e. The van der Waals surface area contributed by atoms with Crippen molar-refractivity contribution < 1.29 is 23.9 Å². The van der Waals surface area contributed by atoms with Gasteiger partial charge in [0, 0.05) is 17.4 Å². The second-order valence-electron chi connectivity index (χ2n) is 7.85. The van der Waals surface area contributed by atoms with Crippen LogP contribution in [0.2, 0.25) is 0 Å². The highest BCUT2D eigenvalue weighted by atomic mass is 32.2. The minimum Gasteiger partial charge on any atom is -0.465 e. The molecule has 8 nitrogen and oxygen atoms in total. The van der Waals surface area contributed by atoms with Crippen LogP contribution in [-0.4, -0.2) is 47.4 Å². The molecule has 1 fully saturated rings. The second-order valence-corrected chi connectivity index (χ2v) is 8.79. The van der Waals surface area contributed by atoms with E-state index in [1.165, 1.54) is 63.4 Å². The molecule has 2 aromatic rings. The van der Waals surface area contributed by atoms with Crippen LogP contribution in [0.4, 0.5) is 5.69 Å². The number of ether oxygens (including phenoxy) is 2. The maximum absolute atomic E-state index is 12.7. The number of hydrogen-bond acceptors (Lipinski definition) is 7. The number of anilines is 1. The monoisotopic (exact) mass is 459 g/mol. The van der Waals surface area contributed by atoms with Crippen LogP contribution >= 0.6 is 11.8 Å². The lowest BCUT2D eigenvalue weighted by Gasteiger charge is -2.26. The lowest BCUT2D eigenvalue weighted by atomic mass is 9.95. The predicted molar refractivity (Wildman–Crippen MR) is 122 cm³/mol. The van der Waals surface area contributed by atoms with Crippen LogP contribution in [-0.2, 0) is 14.3 Å². The first-order chi connectivity index (χ1) is 15.3. The van der Waals surface area contributed by atoms with Crippen LogP contribution in [0.5, 0.6) is 0 Å². The van der Waals surface area contributed by atoms with Crippen LogP contribution in [0.25, 0.3) is 0 Å². The summed E-state index contributed by atoms with van der Waals surface area (Å²) in [6, 6.07) is 4.74. The third kappa shape index (κ3) is 5.51. The number of esters is 2. The van der Waals surface area contributed by atoms with Crippen molar-refractivity contribution in [2.24, 2.45) is 0 Å². The van der Waals surface area contributed by atoms with Crippen molar-refractivity contribution in [2.75, 3.05) is 25.3 Å². The van der Waals surface area contributed by atoms with Gasteiger partial charge >= 0.3 is 11.9 Å². The molecule has 1 aliphatic rings. The summed E-state index contributed by atoms with van der Waals surface area (Å²) in [6.45, 7) is 4.07. The van der Waals surface area contributed by atoms with Crippen LogP contribution in [0.1, 0.15) is 70.2 Å². The molecule has 3 rings (SSSR count). The zero-order valence-corrected chi connectivity index (χ0v) is 19.7. The quantitative estimate of drug-likeness (QED) is 0.486. The van der Waals surface area contributed by atoms with Crippen molar-refractivity contribution in [2.45, 2.75) is 57.1 Å². The molecule has 1 aromatic carbocycles. The Labute approximate surface area is 192 Å². The van der Waals surface area contributed by atoms with Crippen molar-refractivity contribution in [3.05, 3.63) is 40.7 Å². The fraction of sp³-hybridized carbons (Fsp3) is 0.478. The maximum Gasteiger partial charge on any atom is 0.337 e. The number of thioether (sulfide) groups is 1. The molecule has 32 heavy (non-hydrogen) atoms. The van der Waals surface area contributed by atoms with Crippen LogP contribution < -0.4 is 5.32 Å². The van der Waals surface area contributed by atoms with Gasteiger partial charge in [-0.2, -0.15) is 0 Å². The van der Waals surface area contributed by atoms with Gasteiger partial charge in [0.25, 0.3) is 0 Å². The van der Waals surface area contributed by atoms with Crippen LogP contribution in [0, 0.1) is 13.8 Å². The number of benzene rings is 1. The molecular formula is C23H29N3O5S. The van der Waals surface area contributed by atoms with Gasteiger partial charge in [-0.15, -0.1) is 0 Å². The Morgan fingerprint density at radius 2 is 1.62 bits per heavy atom. The highest BCUT2D eigenvalue weighted by molar-refractivity contribution is 7.99. The third-order valence-corrected chi connectivity index (χ3v) is 6.64. The standard InChI is InChI=1S/C23H29N3O5S/c1-14-15(2)26(19-8-6-5-7-9-19)23(24-14)32-13-20(27)25-18-11-16(21(28)30-3)10-17(12-18)22(29)31-4/h10-12,19H,5-9,13H2,1-4H3,(H,25,27). The SMILES string of the molecule is COC(=O)c1cc(NC(=O)CSc2nc(C)c(C)n2C2CCCCC2)cc(C(=O)OC)c1. The van der Waals surface area contributed by atoms with Crippen molar-refractivity contribution in [1.82, 2.24) is 9.55 Å². The average molecular weight is 460 g/mol. The Hall–Kier alpha value is -2.81. The summed E-state index contributed by atoms with van der Waals surface area (Å²) in [4.78, 5) is 41.2. The Bertz CT molecular complexity index is 977. The number of hydrogen-bond donors (Lipinski definition) is 1.